The van der Waals surface area contributed by atoms with Gasteiger partial charge >= 0.3 is 5.63 Å². The maximum absolute atomic E-state index is 12.0. The van der Waals surface area contributed by atoms with Crippen molar-refractivity contribution in [1.82, 2.24) is 0 Å². The zero-order valence-electron chi connectivity index (χ0n) is 13.1. The third-order valence-corrected chi connectivity index (χ3v) is 4.00. The molecule has 0 unspecified atom stereocenters. The molecule has 3 aromatic rings. The van der Waals surface area contributed by atoms with Crippen molar-refractivity contribution < 1.29 is 13.9 Å². The second-order valence-corrected chi connectivity index (χ2v) is 6.22. The lowest BCUT2D eigenvalue weighted by molar-refractivity contribution is -0.118. The first-order valence-electron chi connectivity index (χ1n) is 7.34. The number of ether oxygens (including phenoxy) is 1. The second kappa shape index (κ2) is 7.17. The molecule has 1 heterocycles. The Hall–Kier alpha value is -2.50. The van der Waals surface area contributed by atoms with Gasteiger partial charge in [0.1, 0.15) is 11.3 Å². The SMILES string of the molecule is Cc1cc(=O)oc2cc(OCC(=O)Nc3cccc(Cl)c3)c(Cl)cc12. The van der Waals surface area contributed by atoms with Gasteiger partial charge in [0.2, 0.25) is 0 Å². The van der Waals surface area contributed by atoms with Gasteiger partial charge in [0.05, 0.1) is 5.02 Å². The fraction of sp³-hybridized carbons (Fsp3) is 0.111. The number of amides is 1. The summed E-state index contributed by atoms with van der Waals surface area (Å²) in [5, 5.41) is 4.21. The molecule has 1 amide bonds. The average molecular weight is 378 g/mol. The lowest BCUT2D eigenvalue weighted by Gasteiger charge is -2.10. The first-order chi connectivity index (χ1) is 11.9. The largest absolute Gasteiger partial charge is 0.482 e. The molecule has 3 rings (SSSR count). The van der Waals surface area contributed by atoms with Crippen molar-refractivity contribution in [3.63, 3.8) is 0 Å². The van der Waals surface area contributed by atoms with Crippen LogP contribution in [0.1, 0.15) is 5.56 Å². The van der Waals surface area contributed by atoms with Crippen molar-refractivity contribution in [2.75, 3.05) is 11.9 Å². The van der Waals surface area contributed by atoms with E-state index in [1.54, 1.807) is 37.3 Å². The molecule has 0 spiro atoms. The summed E-state index contributed by atoms with van der Waals surface area (Å²) in [7, 11) is 0. The van der Waals surface area contributed by atoms with E-state index in [-0.39, 0.29) is 18.3 Å². The van der Waals surface area contributed by atoms with E-state index in [0.717, 1.165) is 5.56 Å². The monoisotopic (exact) mass is 377 g/mol. The molecule has 0 bridgehead atoms. The minimum absolute atomic E-state index is 0.254. The predicted molar refractivity (Wildman–Crippen MR) is 97.8 cm³/mol. The molecule has 0 saturated heterocycles. The third-order valence-electron chi connectivity index (χ3n) is 3.47. The van der Waals surface area contributed by atoms with Gasteiger partial charge in [-0.25, -0.2) is 4.79 Å². The van der Waals surface area contributed by atoms with Crippen LogP contribution in [-0.4, -0.2) is 12.5 Å². The van der Waals surface area contributed by atoms with Crippen LogP contribution in [0, 0.1) is 6.92 Å². The summed E-state index contributed by atoms with van der Waals surface area (Å²) in [4.78, 5) is 23.5. The lowest BCUT2D eigenvalue weighted by Crippen LogP contribution is -2.20. The number of carbonyl (C=O) groups excluding carboxylic acids is 1. The summed E-state index contributed by atoms with van der Waals surface area (Å²) in [6.07, 6.45) is 0. The van der Waals surface area contributed by atoms with Gasteiger partial charge in [0.25, 0.3) is 5.91 Å². The van der Waals surface area contributed by atoms with Crippen molar-refractivity contribution in [2.24, 2.45) is 0 Å². The van der Waals surface area contributed by atoms with E-state index in [9.17, 15) is 9.59 Å². The molecule has 128 valence electrons. The minimum Gasteiger partial charge on any atom is -0.482 e. The average Bonchev–Trinajstić information content (AvgIpc) is 2.54. The topological polar surface area (TPSA) is 68.5 Å². The van der Waals surface area contributed by atoms with Gasteiger partial charge in [-0.2, -0.15) is 0 Å². The minimum atomic E-state index is -0.461. The first-order valence-corrected chi connectivity index (χ1v) is 8.10. The summed E-state index contributed by atoms with van der Waals surface area (Å²) in [6, 6.07) is 11.3. The standard InChI is InChI=1S/C18H13Cl2NO4/c1-10-5-18(23)25-15-8-16(14(20)7-13(10)15)24-9-17(22)21-12-4-2-3-11(19)6-12/h2-8H,9H2,1H3,(H,21,22). The summed E-state index contributed by atoms with van der Waals surface area (Å²) in [5.41, 5.74) is 1.20. The van der Waals surface area contributed by atoms with E-state index in [0.29, 0.717) is 26.7 Å². The fourth-order valence-electron chi connectivity index (χ4n) is 2.34. The van der Waals surface area contributed by atoms with Crippen LogP contribution < -0.4 is 15.7 Å². The third kappa shape index (κ3) is 4.13. The first kappa shape index (κ1) is 17.3. The van der Waals surface area contributed by atoms with Crippen LogP contribution in [-0.2, 0) is 4.79 Å². The molecule has 0 fully saturated rings. The van der Waals surface area contributed by atoms with Gasteiger partial charge in [0, 0.05) is 28.2 Å². The van der Waals surface area contributed by atoms with Gasteiger partial charge in [0.15, 0.2) is 6.61 Å². The Balaban J connectivity index is 1.75. The Morgan fingerprint density at radius 3 is 2.76 bits per heavy atom. The van der Waals surface area contributed by atoms with E-state index in [2.05, 4.69) is 5.32 Å². The molecule has 7 heteroatoms. The molecule has 0 aliphatic rings. The van der Waals surface area contributed by atoms with Crippen molar-refractivity contribution in [3.05, 3.63) is 68.5 Å². The van der Waals surface area contributed by atoms with Gasteiger partial charge in [-0.15, -0.1) is 0 Å². The smallest absolute Gasteiger partial charge is 0.336 e. The maximum Gasteiger partial charge on any atom is 0.336 e. The van der Waals surface area contributed by atoms with Gasteiger partial charge < -0.3 is 14.5 Å². The molecule has 0 atom stereocenters. The van der Waals surface area contributed by atoms with E-state index in [1.165, 1.54) is 12.1 Å². The van der Waals surface area contributed by atoms with Crippen molar-refractivity contribution >= 4 is 45.8 Å². The van der Waals surface area contributed by atoms with Gasteiger partial charge in [-0.05, 0) is 36.8 Å². The number of rotatable bonds is 4. The zero-order valence-corrected chi connectivity index (χ0v) is 14.6. The predicted octanol–water partition coefficient (Wildman–Crippen LogP) is 4.43. The number of hydrogen-bond acceptors (Lipinski definition) is 4. The highest BCUT2D eigenvalue weighted by atomic mass is 35.5. The van der Waals surface area contributed by atoms with Crippen LogP contribution in [0.15, 0.2) is 51.7 Å². The van der Waals surface area contributed by atoms with E-state index in [1.807, 2.05) is 0 Å². The number of nitrogens with one attached hydrogen (secondary N) is 1. The van der Waals surface area contributed by atoms with Crippen LogP contribution in [0.4, 0.5) is 5.69 Å². The number of anilines is 1. The lowest BCUT2D eigenvalue weighted by atomic mass is 10.1. The molecule has 25 heavy (non-hydrogen) atoms. The summed E-state index contributed by atoms with van der Waals surface area (Å²) >= 11 is 12.1. The molecular formula is C18H13Cl2NO4. The number of fused-ring (bicyclic) bond motifs is 1. The van der Waals surface area contributed by atoms with Crippen molar-refractivity contribution in [3.8, 4) is 5.75 Å². The summed E-state index contributed by atoms with van der Waals surface area (Å²) in [5.74, 6) is -0.117. The van der Waals surface area contributed by atoms with Crippen LogP contribution in [0.3, 0.4) is 0 Å². The van der Waals surface area contributed by atoms with Crippen molar-refractivity contribution in [1.29, 1.82) is 0 Å². The normalized spacial score (nSPS) is 10.7. The number of carbonyl (C=O) groups is 1. The summed E-state index contributed by atoms with van der Waals surface area (Å²) in [6.45, 7) is 1.53. The van der Waals surface area contributed by atoms with Crippen LogP contribution in [0.25, 0.3) is 11.0 Å². The van der Waals surface area contributed by atoms with E-state index >= 15 is 0 Å². The van der Waals surface area contributed by atoms with Crippen molar-refractivity contribution in [2.45, 2.75) is 6.92 Å². The number of benzene rings is 2. The fourth-order valence-corrected chi connectivity index (χ4v) is 2.75. The molecule has 0 aliphatic carbocycles. The Labute approximate surface area is 153 Å². The Morgan fingerprint density at radius 2 is 2.00 bits per heavy atom. The molecule has 0 saturated carbocycles. The second-order valence-electron chi connectivity index (χ2n) is 5.37. The highest BCUT2D eigenvalue weighted by Gasteiger charge is 2.11. The highest BCUT2D eigenvalue weighted by molar-refractivity contribution is 6.33. The van der Waals surface area contributed by atoms with Gasteiger partial charge in [-0.3, -0.25) is 4.79 Å². The molecule has 0 aliphatic heterocycles. The van der Waals surface area contributed by atoms with E-state index < -0.39 is 5.63 Å². The number of halogens is 2. The van der Waals surface area contributed by atoms with Crippen LogP contribution in [0.5, 0.6) is 5.75 Å². The van der Waals surface area contributed by atoms with Crippen LogP contribution >= 0.6 is 23.2 Å². The Bertz CT molecular complexity index is 1010. The van der Waals surface area contributed by atoms with Gasteiger partial charge in [-0.1, -0.05) is 29.3 Å². The number of aryl methyl sites for hydroxylation is 1. The highest BCUT2D eigenvalue weighted by Crippen LogP contribution is 2.31. The zero-order chi connectivity index (χ0) is 18.0. The molecule has 1 aromatic heterocycles. The number of hydrogen-bond donors (Lipinski definition) is 1. The molecule has 2 aromatic carbocycles. The Morgan fingerprint density at radius 1 is 1.20 bits per heavy atom. The Kier molecular flexibility index (Phi) is 4.97. The molecule has 1 N–H and O–H groups in total. The van der Waals surface area contributed by atoms with E-state index in [4.69, 9.17) is 32.4 Å². The molecule has 5 nitrogen and oxygen atoms in total. The van der Waals surface area contributed by atoms with Crippen LogP contribution in [0.2, 0.25) is 10.0 Å². The molecule has 0 radical (unpaired) electrons. The quantitative estimate of drug-likeness (QED) is 0.683. The summed E-state index contributed by atoms with van der Waals surface area (Å²) < 4.78 is 10.6. The maximum atomic E-state index is 12.0. The molecular weight excluding hydrogens is 365 g/mol.